The van der Waals surface area contributed by atoms with E-state index in [0.717, 1.165) is 45.8 Å². The van der Waals surface area contributed by atoms with Crippen LogP contribution in [0.5, 0.6) is 0 Å². The third-order valence-electron chi connectivity index (χ3n) is 2.54. The molecule has 0 amide bonds. The molecule has 7 heteroatoms. The summed E-state index contributed by atoms with van der Waals surface area (Å²) in [4.78, 5) is 4.44. The molecule has 0 fully saturated rings. The van der Waals surface area contributed by atoms with E-state index in [1.165, 1.54) is 11.5 Å². The summed E-state index contributed by atoms with van der Waals surface area (Å²) in [5, 5.41) is 5.41. The highest BCUT2D eigenvalue weighted by Crippen LogP contribution is 2.34. The summed E-state index contributed by atoms with van der Waals surface area (Å²) < 4.78 is 7.02. The van der Waals surface area contributed by atoms with Gasteiger partial charge in [0.15, 0.2) is 4.34 Å². The lowest BCUT2D eigenvalue weighted by Crippen LogP contribution is -1.93. The predicted octanol–water partition coefficient (Wildman–Crippen LogP) is 2.52. The summed E-state index contributed by atoms with van der Waals surface area (Å²) in [5.41, 5.74) is 7.88. The molecule has 2 aromatic rings. The molecular formula is C11H17N5S2. The Labute approximate surface area is 115 Å². The number of hydrogen-bond donors (Lipinski definition) is 1. The predicted molar refractivity (Wildman–Crippen MR) is 75.0 cm³/mol. The van der Waals surface area contributed by atoms with Gasteiger partial charge >= 0.3 is 0 Å². The van der Waals surface area contributed by atoms with Crippen molar-refractivity contribution < 1.29 is 0 Å². The number of hydrogen-bond acceptors (Lipinski definition) is 6. The lowest BCUT2D eigenvalue weighted by molar-refractivity contribution is 0.681. The minimum absolute atomic E-state index is 0.776. The molecule has 0 aliphatic carbocycles. The lowest BCUT2D eigenvalue weighted by Gasteiger charge is -1.99. The average molecular weight is 283 g/mol. The topological polar surface area (TPSA) is 69.6 Å². The van der Waals surface area contributed by atoms with Gasteiger partial charge in [-0.15, -0.1) is 0 Å². The second-order valence-corrected chi connectivity index (χ2v) is 5.96. The first kappa shape index (κ1) is 13.4. The quantitative estimate of drug-likeness (QED) is 0.913. The van der Waals surface area contributed by atoms with Gasteiger partial charge in [-0.05, 0) is 29.7 Å². The van der Waals surface area contributed by atoms with Crippen molar-refractivity contribution >= 4 is 29.0 Å². The zero-order valence-electron chi connectivity index (χ0n) is 10.8. The number of aromatic nitrogens is 4. The van der Waals surface area contributed by atoms with Gasteiger partial charge in [0.25, 0.3) is 0 Å². The highest BCUT2D eigenvalue weighted by atomic mass is 32.2. The van der Waals surface area contributed by atoms with Crippen LogP contribution in [0.3, 0.4) is 0 Å². The van der Waals surface area contributed by atoms with Crippen LogP contribution < -0.4 is 5.73 Å². The molecule has 98 valence electrons. The molecule has 0 saturated heterocycles. The molecule has 2 aromatic heterocycles. The van der Waals surface area contributed by atoms with Crippen molar-refractivity contribution in [3.8, 4) is 0 Å². The summed E-state index contributed by atoms with van der Waals surface area (Å²) >= 11 is 2.96. The molecule has 0 aliphatic rings. The zero-order valence-corrected chi connectivity index (χ0v) is 12.4. The summed E-state index contributed by atoms with van der Waals surface area (Å²) in [7, 11) is 1.92. The van der Waals surface area contributed by atoms with Gasteiger partial charge in [-0.25, -0.2) is 4.98 Å². The van der Waals surface area contributed by atoms with E-state index in [9.17, 15) is 0 Å². The summed E-state index contributed by atoms with van der Waals surface area (Å²) in [5.74, 6) is 0.886. The Morgan fingerprint density at radius 2 is 2.17 bits per heavy atom. The fourth-order valence-corrected chi connectivity index (χ4v) is 3.34. The van der Waals surface area contributed by atoms with Gasteiger partial charge in [0.05, 0.1) is 11.4 Å². The summed E-state index contributed by atoms with van der Waals surface area (Å²) in [6.45, 7) is 4.17. The van der Waals surface area contributed by atoms with Crippen LogP contribution in [0.1, 0.15) is 31.8 Å². The van der Waals surface area contributed by atoms with Gasteiger partial charge in [0.1, 0.15) is 10.9 Å². The fraction of sp³-hybridized carbons (Fsp3) is 0.545. The van der Waals surface area contributed by atoms with E-state index in [1.54, 1.807) is 11.8 Å². The Morgan fingerprint density at radius 1 is 1.39 bits per heavy atom. The third kappa shape index (κ3) is 2.67. The van der Waals surface area contributed by atoms with Crippen molar-refractivity contribution in [2.45, 2.75) is 42.5 Å². The maximum atomic E-state index is 6.13. The maximum Gasteiger partial charge on any atom is 0.176 e. The van der Waals surface area contributed by atoms with Crippen molar-refractivity contribution in [1.29, 1.82) is 0 Å². The molecule has 2 rings (SSSR count). The Bertz CT molecular complexity index is 532. The number of anilines is 1. The molecule has 0 spiro atoms. The molecule has 0 atom stereocenters. The number of rotatable bonds is 5. The Kier molecular flexibility index (Phi) is 4.23. The molecule has 18 heavy (non-hydrogen) atoms. The Balaban J connectivity index is 2.23. The Hall–Kier alpha value is -1.08. The average Bonchev–Trinajstić information content (AvgIpc) is 2.91. The number of nitrogen functional groups attached to an aromatic ring is 1. The first-order valence-electron chi connectivity index (χ1n) is 5.97. The van der Waals surface area contributed by atoms with Crippen LogP contribution in [0.15, 0.2) is 9.37 Å². The Morgan fingerprint density at radius 3 is 2.78 bits per heavy atom. The molecule has 0 unspecified atom stereocenters. The molecule has 2 N–H and O–H groups in total. The van der Waals surface area contributed by atoms with Crippen LogP contribution in [0.25, 0.3) is 0 Å². The molecule has 0 aliphatic heterocycles. The minimum atomic E-state index is 0.776. The molecule has 0 saturated carbocycles. The molecule has 0 radical (unpaired) electrons. The van der Waals surface area contributed by atoms with Crippen molar-refractivity contribution in [3.63, 3.8) is 0 Å². The summed E-state index contributed by atoms with van der Waals surface area (Å²) in [6, 6.07) is 0. The van der Waals surface area contributed by atoms with Gasteiger partial charge in [0.2, 0.25) is 0 Å². The lowest BCUT2D eigenvalue weighted by atomic mass is 10.2. The van der Waals surface area contributed by atoms with E-state index in [0.29, 0.717) is 0 Å². The number of nitrogens with two attached hydrogens (primary N) is 1. The maximum absolute atomic E-state index is 6.13. The van der Waals surface area contributed by atoms with Crippen LogP contribution >= 0.6 is 23.3 Å². The van der Waals surface area contributed by atoms with E-state index in [2.05, 4.69) is 21.4 Å². The first-order chi connectivity index (χ1) is 8.65. The van der Waals surface area contributed by atoms with E-state index >= 15 is 0 Å². The zero-order chi connectivity index (χ0) is 13.1. The first-order valence-corrected chi connectivity index (χ1v) is 7.56. The van der Waals surface area contributed by atoms with Crippen LogP contribution in [0, 0.1) is 0 Å². The smallest absolute Gasteiger partial charge is 0.176 e. The molecule has 5 nitrogen and oxygen atoms in total. The van der Waals surface area contributed by atoms with Gasteiger partial charge in [-0.3, -0.25) is 4.68 Å². The van der Waals surface area contributed by atoms with Crippen molar-refractivity contribution in [3.05, 3.63) is 11.5 Å². The fourth-order valence-electron chi connectivity index (χ4n) is 1.63. The third-order valence-corrected chi connectivity index (χ3v) is 4.51. The van der Waals surface area contributed by atoms with E-state index < -0.39 is 0 Å². The normalized spacial score (nSPS) is 11.1. The standard InChI is InChI=1S/C11H17N5S2/c1-4-6-7-9(12)10(16(3)14-7)17-11-13-8(5-2)15-18-11/h4-6,12H2,1-3H3. The number of nitrogens with zero attached hydrogens (tertiary/aromatic N) is 4. The van der Waals surface area contributed by atoms with Gasteiger partial charge in [-0.1, -0.05) is 20.3 Å². The van der Waals surface area contributed by atoms with Crippen molar-refractivity contribution in [2.75, 3.05) is 5.73 Å². The second kappa shape index (κ2) is 5.71. The van der Waals surface area contributed by atoms with Gasteiger partial charge in [0, 0.05) is 13.5 Å². The van der Waals surface area contributed by atoms with Crippen LogP contribution in [0.4, 0.5) is 5.69 Å². The molecule has 2 heterocycles. The van der Waals surface area contributed by atoms with Crippen LogP contribution in [-0.4, -0.2) is 19.1 Å². The van der Waals surface area contributed by atoms with E-state index in [-0.39, 0.29) is 0 Å². The highest BCUT2D eigenvalue weighted by molar-refractivity contribution is 8.01. The van der Waals surface area contributed by atoms with E-state index in [4.69, 9.17) is 5.73 Å². The second-order valence-electron chi connectivity index (χ2n) is 3.97. The monoisotopic (exact) mass is 283 g/mol. The molecule has 0 aromatic carbocycles. The van der Waals surface area contributed by atoms with Gasteiger partial charge in [-0.2, -0.15) is 9.47 Å². The summed E-state index contributed by atoms with van der Waals surface area (Å²) in [6.07, 6.45) is 2.82. The highest BCUT2D eigenvalue weighted by Gasteiger charge is 2.15. The van der Waals surface area contributed by atoms with Crippen molar-refractivity contribution in [2.24, 2.45) is 7.05 Å². The van der Waals surface area contributed by atoms with Crippen molar-refractivity contribution in [1.82, 2.24) is 19.1 Å². The molecule has 0 bridgehead atoms. The minimum Gasteiger partial charge on any atom is -0.395 e. The largest absolute Gasteiger partial charge is 0.395 e. The van der Waals surface area contributed by atoms with Gasteiger partial charge < -0.3 is 5.73 Å². The number of aryl methyl sites for hydroxylation is 3. The molecular weight excluding hydrogens is 266 g/mol. The van der Waals surface area contributed by atoms with Crippen LogP contribution in [-0.2, 0) is 19.9 Å². The van der Waals surface area contributed by atoms with E-state index in [1.807, 2.05) is 18.7 Å². The SMILES string of the molecule is CCCc1nn(C)c(Sc2nc(CC)ns2)c1N. The van der Waals surface area contributed by atoms with Crippen LogP contribution in [0.2, 0.25) is 0 Å².